The van der Waals surface area contributed by atoms with Crippen molar-refractivity contribution in [3.8, 4) is 22.8 Å². The summed E-state index contributed by atoms with van der Waals surface area (Å²) in [5, 5.41) is 31.1. The quantitative estimate of drug-likeness (QED) is 0.0662. The molecule has 350 valence electrons. The number of hydrogen-bond acceptors (Lipinski definition) is 14. The number of aromatic nitrogens is 6. The molecule has 0 spiro atoms. The zero-order chi connectivity index (χ0) is 44.7. The van der Waals surface area contributed by atoms with Crippen molar-refractivity contribution in [2.75, 3.05) is 115 Å². The second kappa shape index (κ2) is 21.3. The number of aliphatic hydroxyl groups is 2. The van der Waals surface area contributed by atoms with Crippen LogP contribution in [0, 0.1) is 0 Å². The molecule has 2 atom stereocenters. The van der Waals surface area contributed by atoms with Crippen molar-refractivity contribution in [1.82, 2.24) is 50.3 Å². The molecule has 4 aromatic heterocycles. The summed E-state index contributed by atoms with van der Waals surface area (Å²) >= 11 is 0. The number of benzene rings is 2. The molecule has 6 N–H and O–H groups in total. The Kier molecular flexibility index (Phi) is 14.4. The number of rotatable bonds is 17. The molecule has 16 heteroatoms. The first-order chi connectivity index (χ1) is 32.6. The van der Waals surface area contributed by atoms with Gasteiger partial charge in [-0.3, -0.25) is 0 Å². The minimum Gasteiger partial charge on any atom is -0.385 e. The van der Waals surface area contributed by atoms with Crippen molar-refractivity contribution in [1.29, 1.82) is 0 Å². The van der Waals surface area contributed by atoms with Gasteiger partial charge in [-0.2, -0.15) is 0 Å². The highest BCUT2D eigenvalue weighted by Gasteiger charge is 2.26. The van der Waals surface area contributed by atoms with Gasteiger partial charge in [-0.1, -0.05) is 49.2 Å². The second-order valence-electron chi connectivity index (χ2n) is 18.3. The fraction of sp³-hybridized carbons (Fsp3) is 0.520. The standard InChI is InChI=1S/C50H66N12O4/c63-45(35-9-7-11-37(29-35)47-55-41-39(31-51-13-19-59-15-3-1-4-16-59)33-53-43(41)49(57-47)61-21-25-65-26-22-61)46(64)36-10-8-12-38(30-36)48-56-42-40(32-52-14-20-60-17-5-2-6-18-60)34-54-44(42)50(58-48)62-23-27-66-28-24-62/h7-12,29-30,33-34,45-46,51-54,63-64H,1-6,13-28,31-32H2. The number of fused-ring (bicyclic) bond motifs is 2. The molecular weight excluding hydrogens is 833 g/mol. The lowest BCUT2D eigenvalue weighted by atomic mass is 9.95. The van der Waals surface area contributed by atoms with Crippen LogP contribution < -0.4 is 20.4 Å². The van der Waals surface area contributed by atoms with E-state index in [2.05, 4.69) is 40.2 Å². The Morgan fingerprint density at radius 1 is 0.545 bits per heavy atom. The normalized spacial score (nSPS) is 18.9. The number of nitrogens with zero attached hydrogens (tertiary/aromatic N) is 8. The van der Waals surface area contributed by atoms with E-state index in [0.29, 0.717) is 62.3 Å². The molecule has 4 saturated heterocycles. The first-order valence-corrected chi connectivity index (χ1v) is 24.4. The fourth-order valence-corrected chi connectivity index (χ4v) is 9.99. The van der Waals surface area contributed by atoms with Gasteiger partial charge in [-0.05, 0) is 75.1 Å². The highest BCUT2D eigenvalue weighted by molar-refractivity contribution is 5.91. The number of morpholine rings is 2. The molecule has 16 nitrogen and oxygen atoms in total. The number of nitrogens with one attached hydrogen (secondary N) is 4. The summed E-state index contributed by atoms with van der Waals surface area (Å²) in [6, 6.07) is 15.2. The van der Waals surface area contributed by atoms with Crippen LogP contribution >= 0.6 is 0 Å². The lowest BCUT2D eigenvalue weighted by Crippen LogP contribution is -2.37. The van der Waals surface area contributed by atoms with Gasteiger partial charge in [-0.25, -0.2) is 19.9 Å². The minimum atomic E-state index is -1.23. The molecule has 0 bridgehead atoms. The highest BCUT2D eigenvalue weighted by Crippen LogP contribution is 2.36. The van der Waals surface area contributed by atoms with E-state index < -0.39 is 12.2 Å². The van der Waals surface area contributed by atoms with E-state index in [4.69, 9.17) is 29.4 Å². The molecule has 0 saturated carbocycles. The second-order valence-corrected chi connectivity index (χ2v) is 18.3. The Hall–Kier alpha value is -5.04. The molecule has 4 fully saturated rings. The number of anilines is 2. The predicted octanol–water partition coefficient (Wildman–Crippen LogP) is 5.15. The van der Waals surface area contributed by atoms with Crippen LogP contribution in [0.25, 0.3) is 44.8 Å². The molecule has 4 aliphatic rings. The molecule has 66 heavy (non-hydrogen) atoms. The summed E-state index contributed by atoms with van der Waals surface area (Å²) in [5.41, 5.74) is 8.39. The summed E-state index contributed by atoms with van der Waals surface area (Å²) in [7, 11) is 0. The maximum atomic E-state index is 11.9. The van der Waals surface area contributed by atoms with Crippen LogP contribution in [-0.4, -0.2) is 155 Å². The van der Waals surface area contributed by atoms with E-state index in [1.807, 2.05) is 60.9 Å². The monoisotopic (exact) mass is 899 g/mol. The summed E-state index contributed by atoms with van der Waals surface area (Å²) in [6.07, 6.45) is 9.45. The van der Waals surface area contributed by atoms with Crippen LogP contribution in [0.1, 0.15) is 73.0 Å². The molecule has 4 aliphatic heterocycles. The number of likely N-dealkylation sites (tertiary alicyclic amines) is 2. The number of aliphatic hydroxyl groups excluding tert-OH is 2. The van der Waals surface area contributed by atoms with Crippen LogP contribution in [0.2, 0.25) is 0 Å². The van der Waals surface area contributed by atoms with E-state index in [1.165, 1.54) is 64.7 Å². The van der Waals surface area contributed by atoms with E-state index >= 15 is 0 Å². The third kappa shape index (κ3) is 10.3. The predicted molar refractivity (Wildman–Crippen MR) is 259 cm³/mol. The third-order valence-electron chi connectivity index (χ3n) is 13.8. The van der Waals surface area contributed by atoms with Crippen molar-refractivity contribution in [3.63, 3.8) is 0 Å². The van der Waals surface area contributed by atoms with E-state index in [9.17, 15) is 10.2 Å². The van der Waals surface area contributed by atoms with Crippen LogP contribution in [0.15, 0.2) is 60.9 Å². The third-order valence-corrected chi connectivity index (χ3v) is 13.8. The summed E-state index contributed by atoms with van der Waals surface area (Å²) in [6.45, 7) is 15.4. The van der Waals surface area contributed by atoms with Gasteiger partial charge in [0.05, 0.1) is 37.5 Å². The van der Waals surface area contributed by atoms with E-state index in [-0.39, 0.29) is 0 Å². The zero-order valence-electron chi connectivity index (χ0n) is 38.2. The van der Waals surface area contributed by atoms with Gasteiger partial charge < -0.3 is 59.9 Å². The summed E-state index contributed by atoms with van der Waals surface area (Å²) in [4.78, 5) is 37.2. The molecule has 8 heterocycles. The van der Waals surface area contributed by atoms with E-state index in [0.717, 1.165) is 108 Å². The lowest BCUT2D eigenvalue weighted by Gasteiger charge is -2.28. The Balaban J connectivity index is 0.893. The first kappa shape index (κ1) is 44.8. The smallest absolute Gasteiger partial charge is 0.162 e. The maximum absolute atomic E-state index is 11.9. The van der Waals surface area contributed by atoms with Gasteiger partial charge in [0.2, 0.25) is 0 Å². The Bertz CT molecular complexity index is 2350. The van der Waals surface area contributed by atoms with Crippen LogP contribution in [0.3, 0.4) is 0 Å². The Morgan fingerprint density at radius 2 is 0.970 bits per heavy atom. The highest BCUT2D eigenvalue weighted by atomic mass is 16.5. The molecule has 0 amide bonds. The van der Waals surface area contributed by atoms with Crippen LogP contribution in [0.4, 0.5) is 11.6 Å². The van der Waals surface area contributed by atoms with Crippen molar-refractivity contribution < 1.29 is 19.7 Å². The van der Waals surface area contributed by atoms with Crippen molar-refractivity contribution in [2.45, 2.75) is 63.8 Å². The largest absolute Gasteiger partial charge is 0.385 e. The van der Waals surface area contributed by atoms with Crippen molar-refractivity contribution in [2.24, 2.45) is 0 Å². The summed E-state index contributed by atoms with van der Waals surface area (Å²) in [5.74, 6) is 2.81. The van der Waals surface area contributed by atoms with Gasteiger partial charge in [0, 0.05) is 100 Å². The minimum absolute atomic E-state index is 0.563. The number of ether oxygens (including phenoxy) is 2. The molecule has 2 aromatic carbocycles. The van der Waals surface area contributed by atoms with Crippen molar-refractivity contribution >= 4 is 33.7 Å². The number of H-pyrrole nitrogens is 2. The number of hydrogen-bond donors (Lipinski definition) is 6. The molecular formula is C50H66N12O4. The SMILES string of the molecule is OC(c1cccc(-c2nc(N3CCOCC3)c3[nH]cc(CNCCN4CCCCC4)c3n2)c1)C(O)c1cccc(-c2nc(N3CCOCC3)c3[nH]cc(CNCCN4CCCCC4)c3n2)c1. The molecule has 0 aliphatic carbocycles. The molecule has 6 aromatic rings. The van der Waals surface area contributed by atoms with Crippen molar-refractivity contribution in [3.05, 3.63) is 83.2 Å². The molecule has 2 unspecified atom stereocenters. The molecule has 10 rings (SSSR count). The number of piperidine rings is 2. The first-order valence-electron chi connectivity index (χ1n) is 24.4. The fourth-order valence-electron chi connectivity index (χ4n) is 9.99. The van der Waals surface area contributed by atoms with Crippen LogP contribution in [-0.2, 0) is 22.6 Å². The Morgan fingerprint density at radius 3 is 1.39 bits per heavy atom. The van der Waals surface area contributed by atoms with E-state index in [1.54, 1.807) is 0 Å². The topological polar surface area (TPSA) is 179 Å². The lowest BCUT2D eigenvalue weighted by molar-refractivity contribution is 0.0173. The number of aromatic amines is 2. The Labute approximate surface area is 387 Å². The zero-order valence-corrected chi connectivity index (χ0v) is 38.2. The van der Waals surface area contributed by atoms with Gasteiger partial charge in [0.15, 0.2) is 23.3 Å². The molecule has 0 radical (unpaired) electrons. The maximum Gasteiger partial charge on any atom is 0.162 e. The van der Waals surface area contributed by atoms with Gasteiger partial charge in [-0.15, -0.1) is 0 Å². The van der Waals surface area contributed by atoms with Crippen LogP contribution in [0.5, 0.6) is 0 Å². The van der Waals surface area contributed by atoms with Gasteiger partial charge >= 0.3 is 0 Å². The van der Waals surface area contributed by atoms with Gasteiger partial charge in [0.25, 0.3) is 0 Å². The summed E-state index contributed by atoms with van der Waals surface area (Å²) < 4.78 is 11.4. The average molecular weight is 899 g/mol. The average Bonchev–Trinajstić information content (AvgIpc) is 4.00. The van der Waals surface area contributed by atoms with Gasteiger partial charge in [0.1, 0.15) is 23.2 Å².